The molecule has 0 bridgehead atoms. The van der Waals surface area contributed by atoms with Crippen molar-refractivity contribution in [2.45, 2.75) is 44.9 Å². The fraction of sp³-hybridized carbons (Fsp3) is 0.652. The number of piperidine rings is 1. The van der Waals surface area contributed by atoms with Crippen LogP contribution < -0.4 is 15.0 Å². The Morgan fingerprint density at radius 3 is 2.55 bits per heavy atom. The van der Waals surface area contributed by atoms with Gasteiger partial charge in [-0.15, -0.1) is 0 Å². The molecule has 0 atom stereocenters. The number of carbonyl (C=O) groups is 1. The molecule has 3 fully saturated rings. The van der Waals surface area contributed by atoms with Crippen molar-refractivity contribution in [2.24, 2.45) is 5.41 Å². The lowest BCUT2D eigenvalue weighted by atomic mass is 9.68. The number of likely N-dealkylation sites (tertiary alicyclic amines) is 1. The summed E-state index contributed by atoms with van der Waals surface area (Å²) in [5.74, 6) is 0.737. The molecule has 1 aliphatic carbocycles. The summed E-state index contributed by atoms with van der Waals surface area (Å²) in [5, 5.41) is 3.71. The number of thiazole rings is 1. The number of amides is 2. The Morgan fingerprint density at radius 1 is 1.10 bits per heavy atom. The van der Waals surface area contributed by atoms with Gasteiger partial charge in [-0.25, -0.2) is 9.78 Å². The van der Waals surface area contributed by atoms with E-state index in [0.717, 1.165) is 73.9 Å². The molecular formula is C23H32N4O3S. The third-order valence-electron chi connectivity index (χ3n) is 7.30. The number of morpholine rings is 1. The topological polar surface area (TPSA) is 66.9 Å². The predicted octanol–water partition coefficient (Wildman–Crippen LogP) is 4.72. The van der Waals surface area contributed by atoms with Gasteiger partial charge < -0.3 is 19.3 Å². The summed E-state index contributed by atoms with van der Waals surface area (Å²) in [6, 6.07) is 4.02. The number of nitrogens with zero attached hydrogens (tertiary/aromatic N) is 3. The van der Waals surface area contributed by atoms with Crippen LogP contribution in [0.3, 0.4) is 0 Å². The van der Waals surface area contributed by atoms with Gasteiger partial charge in [-0.2, -0.15) is 0 Å². The van der Waals surface area contributed by atoms with Gasteiger partial charge in [0.2, 0.25) is 0 Å². The van der Waals surface area contributed by atoms with Gasteiger partial charge in [0.05, 0.1) is 30.7 Å². The van der Waals surface area contributed by atoms with Gasteiger partial charge in [-0.3, -0.25) is 5.32 Å². The summed E-state index contributed by atoms with van der Waals surface area (Å²) in [6.45, 7) is 4.87. The Balaban J connectivity index is 1.31. The second kappa shape index (κ2) is 8.82. The van der Waals surface area contributed by atoms with Gasteiger partial charge in [0.25, 0.3) is 0 Å². The molecule has 1 spiro atoms. The Morgan fingerprint density at radius 2 is 1.84 bits per heavy atom. The molecular weight excluding hydrogens is 412 g/mol. The third kappa shape index (κ3) is 4.20. The molecule has 1 aromatic heterocycles. The quantitative estimate of drug-likeness (QED) is 0.742. The molecule has 7 nitrogen and oxygen atoms in total. The van der Waals surface area contributed by atoms with Crippen molar-refractivity contribution in [3.05, 3.63) is 12.1 Å². The molecule has 0 radical (unpaired) electrons. The first-order chi connectivity index (χ1) is 15.2. The van der Waals surface area contributed by atoms with Crippen LogP contribution in [0.25, 0.3) is 10.2 Å². The zero-order valence-electron chi connectivity index (χ0n) is 18.3. The number of carbonyl (C=O) groups excluding carboxylic acids is 1. The van der Waals surface area contributed by atoms with E-state index in [1.807, 2.05) is 11.0 Å². The van der Waals surface area contributed by atoms with Crippen molar-refractivity contribution in [3.8, 4) is 5.75 Å². The fourth-order valence-electron chi connectivity index (χ4n) is 5.40. The number of fused-ring (bicyclic) bond motifs is 1. The molecule has 31 heavy (non-hydrogen) atoms. The summed E-state index contributed by atoms with van der Waals surface area (Å²) >= 11 is 1.53. The first kappa shape index (κ1) is 20.8. The Labute approximate surface area is 187 Å². The van der Waals surface area contributed by atoms with Crippen molar-refractivity contribution in [2.75, 3.05) is 56.7 Å². The highest BCUT2D eigenvalue weighted by atomic mass is 32.1. The van der Waals surface area contributed by atoms with Crippen molar-refractivity contribution >= 4 is 38.4 Å². The lowest BCUT2D eigenvalue weighted by molar-refractivity contribution is 0.0849. The van der Waals surface area contributed by atoms with E-state index in [0.29, 0.717) is 10.5 Å². The van der Waals surface area contributed by atoms with E-state index < -0.39 is 0 Å². The van der Waals surface area contributed by atoms with Gasteiger partial charge in [0, 0.05) is 26.2 Å². The van der Waals surface area contributed by atoms with Crippen LogP contribution in [0.5, 0.6) is 5.75 Å². The number of benzene rings is 1. The van der Waals surface area contributed by atoms with Crippen LogP contribution in [0.4, 0.5) is 15.6 Å². The van der Waals surface area contributed by atoms with Crippen LogP contribution in [0.2, 0.25) is 0 Å². The van der Waals surface area contributed by atoms with Crippen molar-refractivity contribution in [1.82, 2.24) is 9.88 Å². The van der Waals surface area contributed by atoms with Gasteiger partial charge in [0.1, 0.15) is 11.3 Å². The normalized spacial score (nSPS) is 21.5. The number of methoxy groups -OCH3 is 1. The highest BCUT2D eigenvalue weighted by molar-refractivity contribution is 7.23. The van der Waals surface area contributed by atoms with E-state index in [4.69, 9.17) is 14.5 Å². The first-order valence-corrected chi connectivity index (χ1v) is 12.4. The standard InChI is InChI=1S/C23H32N4O3S/c1-29-18-6-5-17(26-13-15-30-16-14-26)20-19(18)24-21(31-20)25-22(28)27-11-9-23(10-12-27)7-3-2-4-8-23/h5-6H,2-4,7-16H2,1H3,(H,24,25,28). The molecule has 3 heterocycles. The average molecular weight is 445 g/mol. The van der Waals surface area contributed by atoms with E-state index in [-0.39, 0.29) is 6.03 Å². The van der Waals surface area contributed by atoms with Crippen LogP contribution >= 0.6 is 11.3 Å². The summed E-state index contributed by atoms with van der Waals surface area (Å²) in [5.41, 5.74) is 2.44. The first-order valence-electron chi connectivity index (χ1n) is 11.5. The van der Waals surface area contributed by atoms with E-state index in [1.165, 1.54) is 43.4 Å². The molecule has 2 saturated heterocycles. The molecule has 2 amide bonds. The number of urea groups is 1. The summed E-state index contributed by atoms with van der Waals surface area (Å²) in [4.78, 5) is 22.0. The molecule has 1 saturated carbocycles. The van der Waals surface area contributed by atoms with Crippen molar-refractivity contribution in [3.63, 3.8) is 0 Å². The number of hydrogen-bond donors (Lipinski definition) is 1. The van der Waals surface area contributed by atoms with E-state index in [1.54, 1.807) is 7.11 Å². The second-order valence-electron chi connectivity index (χ2n) is 9.06. The summed E-state index contributed by atoms with van der Waals surface area (Å²) in [6.07, 6.45) is 9.02. The minimum absolute atomic E-state index is 0.0309. The minimum Gasteiger partial charge on any atom is -0.494 e. The maximum atomic E-state index is 13.0. The fourth-order valence-corrected chi connectivity index (χ4v) is 6.41. The molecule has 3 aliphatic rings. The SMILES string of the molecule is COc1ccc(N2CCOCC2)c2sc(NC(=O)N3CCC4(CCCCC4)CC3)nc12. The van der Waals surface area contributed by atoms with Crippen LogP contribution in [0.15, 0.2) is 12.1 Å². The molecule has 1 aromatic carbocycles. The summed E-state index contributed by atoms with van der Waals surface area (Å²) < 4.78 is 12.1. The van der Waals surface area contributed by atoms with Crippen molar-refractivity contribution < 1.29 is 14.3 Å². The molecule has 168 valence electrons. The number of anilines is 2. The van der Waals surface area contributed by atoms with Gasteiger partial charge >= 0.3 is 6.03 Å². The number of ether oxygens (including phenoxy) is 2. The van der Waals surface area contributed by atoms with Crippen LogP contribution in [-0.4, -0.2) is 62.4 Å². The smallest absolute Gasteiger partial charge is 0.323 e. The van der Waals surface area contributed by atoms with Crippen LogP contribution in [0, 0.1) is 5.41 Å². The summed E-state index contributed by atoms with van der Waals surface area (Å²) in [7, 11) is 1.66. The predicted molar refractivity (Wildman–Crippen MR) is 125 cm³/mol. The number of aromatic nitrogens is 1. The van der Waals surface area contributed by atoms with Crippen molar-refractivity contribution in [1.29, 1.82) is 0 Å². The highest BCUT2D eigenvalue weighted by Crippen LogP contribution is 2.45. The van der Waals surface area contributed by atoms with Crippen LogP contribution in [-0.2, 0) is 4.74 Å². The van der Waals surface area contributed by atoms with Gasteiger partial charge in [-0.05, 0) is 43.2 Å². The Kier molecular flexibility index (Phi) is 5.93. The average Bonchev–Trinajstić information content (AvgIpc) is 3.23. The molecule has 8 heteroatoms. The Hall–Kier alpha value is -2.06. The van der Waals surface area contributed by atoms with E-state index >= 15 is 0 Å². The molecule has 0 unspecified atom stereocenters. The lowest BCUT2D eigenvalue weighted by Crippen LogP contribution is -2.45. The zero-order chi connectivity index (χ0) is 21.3. The van der Waals surface area contributed by atoms with Gasteiger partial charge in [-0.1, -0.05) is 30.6 Å². The largest absolute Gasteiger partial charge is 0.494 e. The van der Waals surface area contributed by atoms with E-state index in [9.17, 15) is 4.79 Å². The lowest BCUT2D eigenvalue weighted by Gasteiger charge is -2.44. The molecule has 2 aromatic rings. The molecule has 1 N–H and O–H groups in total. The third-order valence-corrected chi connectivity index (χ3v) is 8.29. The molecule has 5 rings (SSSR count). The molecule has 2 aliphatic heterocycles. The number of rotatable bonds is 3. The zero-order valence-corrected chi connectivity index (χ0v) is 19.1. The maximum Gasteiger partial charge on any atom is 0.323 e. The van der Waals surface area contributed by atoms with Crippen LogP contribution in [0.1, 0.15) is 44.9 Å². The van der Waals surface area contributed by atoms with E-state index in [2.05, 4.69) is 16.3 Å². The number of nitrogens with one attached hydrogen (secondary N) is 1. The maximum absolute atomic E-state index is 13.0. The van der Waals surface area contributed by atoms with Gasteiger partial charge in [0.15, 0.2) is 5.13 Å². The Bertz CT molecular complexity index is 924. The second-order valence-corrected chi connectivity index (χ2v) is 10.1. The minimum atomic E-state index is -0.0309. The monoisotopic (exact) mass is 444 g/mol. The highest BCUT2D eigenvalue weighted by Gasteiger charge is 2.36. The number of hydrogen-bond acceptors (Lipinski definition) is 6.